The molecule has 0 fully saturated rings. The predicted molar refractivity (Wildman–Crippen MR) is 496 cm³/mol. The topological polar surface area (TPSA) is 291 Å². The second kappa shape index (κ2) is 39.1. The molecule has 0 radical (unpaired) electrons. The number of aryl methyl sites for hydroxylation is 3. The highest BCUT2D eigenvalue weighted by atomic mass is 19.4. The molecule has 0 aliphatic heterocycles. The fourth-order valence-corrected chi connectivity index (χ4v) is 14.2. The largest absolute Gasteiger partial charge is 0.508 e. The van der Waals surface area contributed by atoms with Gasteiger partial charge in [-0.2, -0.15) is 92.6 Å². The van der Waals surface area contributed by atoms with Crippen LogP contribution in [0.15, 0.2) is 255 Å². The first-order valence-corrected chi connectivity index (χ1v) is 41.9. The van der Waals surface area contributed by atoms with Gasteiger partial charge in [-0.1, -0.05) is 144 Å². The standard InChI is InChI=1S/C21H19F3N2O3.C19H17F3N2O3.2C16H11F3N2O.C16H14N2O.C15H14N2/c1-12(27)13-6-5-7-14(10-13)18-16-11-15(21(22,23)24)8-9-17(16)26(25-18)19(28)29-20(2,3)4;1-18(2,3)27-17(26)24-15-9-6-12(19(20,21)22)10-14(15)16(23-24)11-4-7-13(25)8-5-11;2*1-9(22)10-2-4-11(5-3-10)15-13-8-12(16(17,18)19)6-7-14(13)20-21-15;1-10-3-8-15-14(9-10)16(18-17-15)13-6-4-12(5-7-13)11(2)19;1-10-3-6-12(7-4-10)15-13-9-11(2)5-8-14(13)16-17-15/h5-11H,1-4H3;4-10,25H,1-3H3;2*2-8H,1H3,(H,20,21);3-9H,1-2H3,(H,17,18);3-9H,1-2H3,(H,16,17). The number of hydrogen-bond acceptors (Lipinski definition) is 15. The molecule has 18 aromatic rings. The number of benzene rings is 12. The first kappa shape index (κ1) is 97.6. The van der Waals surface area contributed by atoms with Crippen LogP contribution in [-0.4, -0.2) is 112 Å². The fourth-order valence-electron chi connectivity index (χ4n) is 14.2. The third-order valence-corrected chi connectivity index (χ3v) is 21.1. The summed E-state index contributed by atoms with van der Waals surface area (Å²) in [5, 5.41) is 49.7. The number of phenolic OH excluding ortho intramolecular Hbond substituents is 1. The fraction of sp³-hybridized carbons (Fsp3) is 0.184. The van der Waals surface area contributed by atoms with Crippen LogP contribution in [0.2, 0.25) is 0 Å². The number of aromatic nitrogens is 12. The van der Waals surface area contributed by atoms with Crippen molar-refractivity contribution in [2.75, 3.05) is 0 Å². The van der Waals surface area contributed by atoms with Gasteiger partial charge >= 0.3 is 36.9 Å². The van der Waals surface area contributed by atoms with Gasteiger partial charge in [-0.3, -0.25) is 39.6 Å². The van der Waals surface area contributed by atoms with E-state index in [1.54, 1.807) is 115 Å². The number of carbonyl (C=O) groups excluding carboxylic acids is 6. The van der Waals surface area contributed by atoms with Crippen LogP contribution in [0.5, 0.6) is 5.75 Å². The van der Waals surface area contributed by atoms with E-state index in [9.17, 15) is 86.6 Å². The highest BCUT2D eigenvalue weighted by Crippen LogP contribution is 2.42. The molecule has 0 saturated heterocycles. The van der Waals surface area contributed by atoms with E-state index in [2.05, 4.69) is 126 Å². The number of nitrogens with one attached hydrogen (secondary N) is 4. The molecule has 21 nitrogen and oxygen atoms in total. The highest BCUT2D eigenvalue weighted by molar-refractivity contribution is 6.04. The SMILES string of the molecule is CC(=O)c1ccc(-c2n[nH]c3ccc(C(F)(F)F)cc23)cc1.CC(=O)c1ccc(-c2n[nH]c3ccc(C(F)(F)F)cc23)cc1.CC(=O)c1ccc(-c2n[nH]c3ccc(C)cc23)cc1.CC(=O)c1cccc(-c2nn(C(=O)OC(C)(C)C)c3ccc(C(F)(F)F)cc23)c1.CC(C)(C)OC(=O)n1nc(-c2ccc(O)cc2)c2cc(C(F)(F)F)ccc21.Cc1ccc(-c2n[nH]c3ccc(C)cc23)cc1. The quantitative estimate of drug-likeness (QED) is 0.0628. The molecule has 0 aliphatic carbocycles. The summed E-state index contributed by atoms with van der Waals surface area (Å²) in [4.78, 5) is 70.6. The molecule has 0 atom stereocenters. The third kappa shape index (κ3) is 23.2. The number of fused-ring (bicyclic) bond motifs is 6. The number of phenols is 1. The maximum absolute atomic E-state index is 13.2. The average molecular weight is 1860 g/mol. The predicted octanol–water partition coefficient (Wildman–Crippen LogP) is 27.4. The van der Waals surface area contributed by atoms with E-state index < -0.39 is 70.3 Å². The van der Waals surface area contributed by atoms with Crippen molar-refractivity contribution in [3.8, 4) is 73.3 Å². The van der Waals surface area contributed by atoms with E-state index in [1.165, 1.54) is 97.4 Å². The van der Waals surface area contributed by atoms with Crippen LogP contribution in [0.4, 0.5) is 62.3 Å². The number of ketones is 4. The van der Waals surface area contributed by atoms with Crippen molar-refractivity contribution in [3.05, 3.63) is 316 Å². The summed E-state index contributed by atoms with van der Waals surface area (Å²) in [6, 6.07) is 66.9. The molecule has 696 valence electrons. The van der Waals surface area contributed by atoms with Crippen LogP contribution >= 0.6 is 0 Å². The van der Waals surface area contributed by atoms with Crippen LogP contribution in [-0.2, 0) is 34.2 Å². The van der Waals surface area contributed by atoms with E-state index in [0.29, 0.717) is 72.1 Å². The zero-order valence-electron chi connectivity index (χ0n) is 75.1. The van der Waals surface area contributed by atoms with Gasteiger partial charge in [0, 0.05) is 88.0 Å². The Morgan fingerprint density at radius 3 is 0.860 bits per heavy atom. The van der Waals surface area contributed by atoms with E-state index in [1.807, 2.05) is 30.3 Å². The first-order chi connectivity index (χ1) is 63.9. The second-order valence-corrected chi connectivity index (χ2v) is 33.8. The Bertz CT molecular complexity index is 7370. The van der Waals surface area contributed by atoms with Gasteiger partial charge < -0.3 is 14.6 Å². The van der Waals surface area contributed by atoms with Gasteiger partial charge in [0.25, 0.3) is 0 Å². The molecule has 6 aromatic heterocycles. The maximum atomic E-state index is 13.2. The lowest BCUT2D eigenvalue weighted by Crippen LogP contribution is -2.27. The van der Waals surface area contributed by atoms with Gasteiger partial charge in [-0.05, 0) is 217 Å². The van der Waals surface area contributed by atoms with E-state index in [4.69, 9.17) is 9.47 Å². The zero-order valence-corrected chi connectivity index (χ0v) is 75.1. The normalized spacial score (nSPS) is 11.8. The third-order valence-electron chi connectivity index (χ3n) is 21.1. The second-order valence-electron chi connectivity index (χ2n) is 33.8. The molecule has 0 saturated carbocycles. The van der Waals surface area contributed by atoms with E-state index in [0.717, 1.165) is 102 Å². The van der Waals surface area contributed by atoms with E-state index >= 15 is 0 Å². The molecular weight excluding hydrogens is 1780 g/mol. The molecule has 0 unspecified atom stereocenters. The first-order valence-electron chi connectivity index (χ1n) is 41.9. The summed E-state index contributed by atoms with van der Waals surface area (Å²) >= 11 is 0. The van der Waals surface area contributed by atoms with Gasteiger partial charge in [0.15, 0.2) is 23.1 Å². The van der Waals surface area contributed by atoms with Crippen molar-refractivity contribution >= 4 is 101 Å². The Morgan fingerprint density at radius 2 is 0.551 bits per heavy atom. The van der Waals surface area contributed by atoms with Gasteiger partial charge in [-0.25, -0.2) is 9.59 Å². The number of Topliss-reactive ketones (excluding diaryl/α,β-unsaturated/α-hetero) is 4. The van der Waals surface area contributed by atoms with Crippen molar-refractivity contribution in [1.29, 1.82) is 0 Å². The smallest absolute Gasteiger partial charge is 0.435 e. The molecule has 5 N–H and O–H groups in total. The Balaban J connectivity index is 0.000000139. The molecule has 0 bridgehead atoms. The van der Waals surface area contributed by atoms with Gasteiger partial charge in [0.1, 0.15) is 28.3 Å². The number of nitrogens with zero attached hydrogens (tertiary/aromatic N) is 8. The van der Waals surface area contributed by atoms with Gasteiger partial charge in [0.2, 0.25) is 0 Å². The Morgan fingerprint density at radius 1 is 0.287 bits per heavy atom. The summed E-state index contributed by atoms with van der Waals surface area (Å²) in [5.41, 5.74) is 12.2. The highest BCUT2D eigenvalue weighted by Gasteiger charge is 2.36. The molecule has 18 rings (SSSR count). The number of halogens is 12. The lowest BCUT2D eigenvalue weighted by molar-refractivity contribution is -0.138. The number of hydrogen-bond donors (Lipinski definition) is 5. The van der Waals surface area contributed by atoms with Crippen LogP contribution in [0.1, 0.15) is 150 Å². The number of ether oxygens (including phenoxy) is 2. The van der Waals surface area contributed by atoms with E-state index in [-0.39, 0.29) is 62.1 Å². The molecule has 6 heterocycles. The molecule has 136 heavy (non-hydrogen) atoms. The van der Waals surface area contributed by atoms with Crippen molar-refractivity contribution in [2.45, 2.75) is 126 Å². The summed E-state index contributed by atoms with van der Waals surface area (Å²) < 4.78 is 169. The van der Waals surface area contributed by atoms with Gasteiger partial charge in [0.05, 0.1) is 78.1 Å². The van der Waals surface area contributed by atoms with Crippen LogP contribution < -0.4 is 0 Å². The van der Waals surface area contributed by atoms with Crippen LogP contribution in [0.25, 0.3) is 133 Å². The molecule has 33 heteroatoms. The number of H-pyrrole nitrogens is 4. The Hall–Kier alpha value is -16.0. The lowest BCUT2D eigenvalue weighted by atomic mass is 10.0. The van der Waals surface area contributed by atoms with Gasteiger partial charge in [-0.15, -0.1) is 0 Å². The molecule has 0 aliphatic rings. The monoisotopic (exact) mass is 1860 g/mol. The number of alkyl halides is 12. The van der Waals surface area contributed by atoms with Crippen molar-refractivity contribution in [2.24, 2.45) is 0 Å². The number of aromatic amines is 4. The maximum Gasteiger partial charge on any atom is 0.435 e. The molecular formula is C103H86F12N12O9. The Labute approximate surface area is 768 Å². The van der Waals surface area contributed by atoms with Crippen molar-refractivity contribution in [3.63, 3.8) is 0 Å². The Kier molecular flexibility index (Phi) is 28.0. The summed E-state index contributed by atoms with van der Waals surface area (Å²) in [6.45, 7) is 22.2. The van der Waals surface area contributed by atoms with Crippen LogP contribution in [0, 0.1) is 20.8 Å². The average Bonchev–Trinajstić information content (AvgIpc) is 2.31. The summed E-state index contributed by atoms with van der Waals surface area (Å²) in [5.74, 6) is -0.255. The number of rotatable bonds is 10. The lowest BCUT2D eigenvalue weighted by Gasteiger charge is -2.19. The van der Waals surface area contributed by atoms with Crippen molar-refractivity contribution < 1.29 is 96.0 Å². The zero-order chi connectivity index (χ0) is 98.6. The molecule has 0 amide bonds. The summed E-state index contributed by atoms with van der Waals surface area (Å²) in [6.07, 6.45) is -19.5. The van der Waals surface area contributed by atoms with Crippen molar-refractivity contribution in [1.82, 2.24) is 60.4 Å². The molecule has 12 aromatic carbocycles. The minimum Gasteiger partial charge on any atom is -0.508 e. The number of aromatic hydroxyl groups is 1. The minimum absolute atomic E-state index is 0.00520. The van der Waals surface area contributed by atoms with Crippen LogP contribution in [0.3, 0.4) is 0 Å². The minimum atomic E-state index is -4.55. The summed E-state index contributed by atoms with van der Waals surface area (Å²) in [7, 11) is 0. The number of carbonyl (C=O) groups is 6. The molecule has 0 spiro atoms.